The fraction of sp³-hybridized carbons (Fsp3) is 0.750. The predicted octanol–water partition coefficient (Wildman–Crippen LogP) is 1.91. The van der Waals surface area contributed by atoms with Crippen LogP contribution in [-0.2, 0) is 4.74 Å². The minimum Gasteiger partial charge on any atom is -0.385 e. The van der Waals surface area contributed by atoms with Gasteiger partial charge in [-0.3, -0.25) is 0 Å². The average Bonchev–Trinajstić information content (AvgIpc) is 1.97. The lowest BCUT2D eigenvalue weighted by Crippen LogP contribution is -2.28. The first-order chi connectivity index (χ1) is 5.16. The predicted molar refractivity (Wildman–Crippen MR) is 52.0 cm³/mol. The highest BCUT2D eigenvalue weighted by molar-refractivity contribution is 9.11. The maximum Gasteiger partial charge on any atom is 0.0476 e. The molecule has 3 heteroatoms. The Morgan fingerprint density at radius 1 is 1.73 bits per heavy atom. The zero-order chi connectivity index (χ0) is 8.69. The molecule has 0 saturated carbocycles. The van der Waals surface area contributed by atoms with E-state index in [9.17, 15) is 0 Å². The molecule has 66 valence electrons. The van der Waals surface area contributed by atoms with Crippen LogP contribution in [0, 0.1) is 0 Å². The Bertz CT molecular complexity index is 117. The van der Waals surface area contributed by atoms with Crippen LogP contribution >= 0.6 is 15.9 Å². The minimum atomic E-state index is 0.490. The van der Waals surface area contributed by atoms with Gasteiger partial charge in [0.25, 0.3) is 0 Å². The highest BCUT2D eigenvalue weighted by atomic mass is 79.9. The lowest BCUT2D eigenvalue weighted by molar-refractivity contribution is 0.185. The third-order valence-electron chi connectivity index (χ3n) is 1.40. The van der Waals surface area contributed by atoms with Crippen molar-refractivity contribution in [3.05, 3.63) is 11.1 Å². The number of ether oxygens (including phenoxy) is 1. The van der Waals surface area contributed by atoms with Crippen LogP contribution < -0.4 is 5.32 Å². The second kappa shape index (κ2) is 6.83. The van der Waals surface area contributed by atoms with Crippen molar-refractivity contribution < 1.29 is 4.74 Å². The van der Waals surface area contributed by atoms with Gasteiger partial charge in [0, 0.05) is 30.8 Å². The zero-order valence-corrected chi connectivity index (χ0v) is 8.78. The van der Waals surface area contributed by atoms with Crippen LogP contribution in [0.2, 0.25) is 0 Å². The van der Waals surface area contributed by atoms with Gasteiger partial charge < -0.3 is 10.1 Å². The van der Waals surface area contributed by atoms with Crippen molar-refractivity contribution >= 4 is 15.9 Å². The van der Waals surface area contributed by atoms with Crippen LogP contribution in [0.25, 0.3) is 0 Å². The van der Waals surface area contributed by atoms with E-state index in [-0.39, 0.29) is 0 Å². The van der Waals surface area contributed by atoms with E-state index in [1.165, 1.54) is 0 Å². The summed E-state index contributed by atoms with van der Waals surface area (Å²) in [6.45, 7) is 7.50. The summed E-state index contributed by atoms with van der Waals surface area (Å²) in [7, 11) is 1.72. The second-order valence-corrected chi connectivity index (χ2v) is 3.70. The number of hydrogen-bond donors (Lipinski definition) is 1. The van der Waals surface area contributed by atoms with Gasteiger partial charge in [-0.25, -0.2) is 0 Å². The smallest absolute Gasteiger partial charge is 0.0476 e. The molecule has 0 aromatic rings. The number of nitrogens with one attached hydrogen (secondary N) is 1. The van der Waals surface area contributed by atoms with E-state index >= 15 is 0 Å². The molecule has 0 aliphatic heterocycles. The minimum absolute atomic E-state index is 0.490. The van der Waals surface area contributed by atoms with E-state index in [2.05, 4.69) is 34.7 Å². The average molecular weight is 222 g/mol. The molecule has 0 aromatic heterocycles. The van der Waals surface area contributed by atoms with Gasteiger partial charge in [-0.15, -0.1) is 0 Å². The molecule has 1 unspecified atom stereocenters. The van der Waals surface area contributed by atoms with Crippen molar-refractivity contribution in [3.8, 4) is 0 Å². The van der Waals surface area contributed by atoms with Gasteiger partial charge in [-0.05, 0) is 13.3 Å². The Kier molecular flexibility index (Phi) is 6.91. The van der Waals surface area contributed by atoms with Crippen LogP contribution in [0.3, 0.4) is 0 Å². The zero-order valence-electron chi connectivity index (χ0n) is 7.19. The number of methoxy groups -OCH3 is 1. The molecule has 0 fully saturated rings. The topological polar surface area (TPSA) is 21.3 Å². The van der Waals surface area contributed by atoms with Gasteiger partial charge in [-0.2, -0.15) is 0 Å². The lowest BCUT2D eigenvalue weighted by Gasteiger charge is -2.11. The fourth-order valence-corrected chi connectivity index (χ4v) is 0.844. The molecule has 0 aromatic carbocycles. The van der Waals surface area contributed by atoms with Gasteiger partial charge in [0.05, 0.1) is 0 Å². The molecule has 0 spiro atoms. The van der Waals surface area contributed by atoms with Gasteiger partial charge in [0.2, 0.25) is 0 Å². The SMILES string of the molecule is C=C(Br)CNC(C)CCOC. The standard InChI is InChI=1S/C8H16BrNO/c1-7(9)6-10-8(2)4-5-11-3/h8,10H,1,4-6H2,2-3H3. The van der Waals surface area contributed by atoms with Crippen molar-refractivity contribution in [1.29, 1.82) is 0 Å². The summed E-state index contributed by atoms with van der Waals surface area (Å²) >= 11 is 3.28. The largest absolute Gasteiger partial charge is 0.385 e. The van der Waals surface area contributed by atoms with Crippen molar-refractivity contribution in [2.24, 2.45) is 0 Å². The molecule has 0 amide bonds. The van der Waals surface area contributed by atoms with E-state index in [0.717, 1.165) is 24.1 Å². The summed E-state index contributed by atoms with van der Waals surface area (Å²) in [5.41, 5.74) is 0. The number of hydrogen-bond acceptors (Lipinski definition) is 2. The Morgan fingerprint density at radius 3 is 2.82 bits per heavy atom. The quantitative estimate of drug-likeness (QED) is 0.741. The van der Waals surface area contributed by atoms with E-state index < -0.39 is 0 Å². The fourth-order valence-electron chi connectivity index (χ4n) is 0.682. The third kappa shape index (κ3) is 8.04. The molecule has 0 aliphatic carbocycles. The molecule has 1 atom stereocenters. The van der Waals surface area contributed by atoms with Crippen LogP contribution in [-0.4, -0.2) is 26.3 Å². The van der Waals surface area contributed by atoms with Gasteiger partial charge in [0.15, 0.2) is 0 Å². The summed E-state index contributed by atoms with van der Waals surface area (Å²) in [5.74, 6) is 0. The molecule has 0 rings (SSSR count). The van der Waals surface area contributed by atoms with Gasteiger partial charge >= 0.3 is 0 Å². The summed E-state index contributed by atoms with van der Waals surface area (Å²) in [6, 6.07) is 0.490. The van der Waals surface area contributed by atoms with Crippen LogP contribution in [0.1, 0.15) is 13.3 Å². The Hall–Kier alpha value is 0.140. The molecule has 0 bridgehead atoms. The van der Waals surface area contributed by atoms with E-state index in [0.29, 0.717) is 6.04 Å². The summed E-state index contributed by atoms with van der Waals surface area (Å²) < 4.78 is 5.93. The molecule has 0 saturated heterocycles. The van der Waals surface area contributed by atoms with Crippen molar-refractivity contribution in [2.75, 3.05) is 20.3 Å². The summed E-state index contributed by atoms with van der Waals surface area (Å²) in [4.78, 5) is 0. The van der Waals surface area contributed by atoms with Crippen LogP contribution in [0.4, 0.5) is 0 Å². The second-order valence-electron chi connectivity index (χ2n) is 2.58. The van der Waals surface area contributed by atoms with E-state index in [1.54, 1.807) is 7.11 Å². The Morgan fingerprint density at radius 2 is 2.36 bits per heavy atom. The third-order valence-corrected chi connectivity index (χ3v) is 1.68. The van der Waals surface area contributed by atoms with Gasteiger partial charge in [-0.1, -0.05) is 22.5 Å². The van der Waals surface area contributed by atoms with Gasteiger partial charge in [0.1, 0.15) is 0 Å². The summed E-state index contributed by atoms with van der Waals surface area (Å²) in [5, 5.41) is 3.29. The summed E-state index contributed by atoms with van der Waals surface area (Å²) in [6.07, 6.45) is 1.04. The number of rotatable bonds is 6. The normalized spacial score (nSPS) is 13.0. The molecular formula is C8H16BrNO. The van der Waals surface area contributed by atoms with Crippen molar-refractivity contribution in [2.45, 2.75) is 19.4 Å². The molecule has 2 nitrogen and oxygen atoms in total. The first kappa shape index (κ1) is 11.1. The van der Waals surface area contributed by atoms with Crippen molar-refractivity contribution in [1.82, 2.24) is 5.32 Å². The molecule has 1 N–H and O–H groups in total. The molecule has 0 aliphatic rings. The molecule has 0 radical (unpaired) electrons. The number of halogens is 1. The highest BCUT2D eigenvalue weighted by Gasteiger charge is 1.99. The maximum atomic E-state index is 4.95. The molecule has 11 heavy (non-hydrogen) atoms. The highest BCUT2D eigenvalue weighted by Crippen LogP contribution is 1.99. The first-order valence-corrected chi connectivity index (χ1v) is 4.51. The van der Waals surface area contributed by atoms with Crippen molar-refractivity contribution in [3.63, 3.8) is 0 Å². The maximum absolute atomic E-state index is 4.95. The van der Waals surface area contributed by atoms with E-state index in [4.69, 9.17) is 4.74 Å². The van der Waals surface area contributed by atoms with Crippen LogP contribution in [0.5, 0.6) is 0 Å². The lowest BCUT2D eigenvalue weighted by atomic mass is 10.2. The Balaban J connectivity index is 3.22. The molecule has 0 heterocycles. The first-order valence-electron chi connectivity index (χ1n) is 3.72. The van der Waals surface area contributed by atoms with E-state index in [1.807, 2.05) is 0 Å². The Labute approximate surface area is 77.1 Å². The molecular weight excluding hydrogens is 206 g/mol. The monoisotopic (exact) mass is 221 g/mol. The van der Waals surface area contributed by atoms with Crippen LogP contribution in [0.15, 0.2) is 11.1 Å².